The van der Waals surface area contributed by atoms with Gasteiger partial charge in [0, 0.05) is 38.6 Å². The number of amides is 1. The van der Waals surface area contributed by atoms with Crippen LogP contribution in [0.25, 0.3) is 0 Å². The largest absolute Gasteiger partial charge is 0.341 e. The standard InChI is InChI=1S/C28H48N6O/c1-17(35)32-25-14-20(11-12-30-25)19-7-10-23-22(13-19)26-24(15-31-23)34(4)33-27(26)18-5-8-21(9-6-18)28(2,3)16-29/h18-27,30-31,33H,5-15H2,1-4H3,(H,32,35). The van der Waals surface area contributed by atoms with Crippen LogP contribution in [0.2, 0.25) is 0 Å². The first-order valence-electron chi connectivity index (χ1n) is 14.4. The predicted molar refractivity (Wildman–Crippen MR) is 138 cm³/mol. The third-order valence-electron chi connectivity index (χ3n) is 10.8. The molecule has 5 rings (SSSR count). The Kier molecular flexibility index (Phi) is 7.48. The summed E-state index contributed by atoms with van der Waals surface area (Å²) in [6.07, 6.45) is 11.3. The second-order valence-corrected chi connectivity index (χ2v) is 13.1. The molecule has 3 saturated heterocycles. The Morgan fingerprint density at radius 3 is 2.43 bits per heavy atom. The lowest BCUT2D eigenvalue weighted by atomic mass is 9.60. The van der Waals surface area contributed by atoms with Gasteiger partial charge in [-0.2, -0.15) is 5.26 Å². The van der Waals surface area contributed by atoms with E-state index >= 15 is 0 Å². The quantitative estimate of drug-likeness (QED) is 0.490. The zero-order valence-electron chi connectivity index (χ0n) is 22.4. The van der Waals surface area contributed by atoms with Crippen molar-refractivity contribution in [2.75, 3.05) is 20.1 Å². The van der Waals surface area contributed by atoms with Crippen LogP contribution in [-0.4, -0.2) is 55.3 Å². The smallest absolute Gasteiger partial charge is 0.218 e. The summed E-state index contributed by atoms with van der Waals surface area (Å²) in [5.41, 5.74) is 3.76. The van der Waals surface area contributed by atoms with E-state index in [1.807, 2.05) is 0 Å². The van der Waals surface area contributed by atoms with Crippen LogP contribution in [0.3, 0.4) is 0 Å². The summed E-state index contributed by atoms with van der Waals surface area (Å²) in [6.45, 7) is 8.01. The van der Waals surface area contributed by atoms with Gasteiger partial charge in [-0.15, -0.1) is 0 Å². The van der Waals surface area contributed by atoms with Crippen molar-refractivity contribution in [1.29, 1.82) is 5.26 Å². The molecular weight excluding hydrogens is 436 g/mol. The minimum Gasteiger partial charge on any atom is -0.341 e. The first kappa shape index (κ1) is 25.4. The van der Waals surface area contributed by atoms with Gasteiger partial charge in [0.2, 0.25) is 5.91 Å². The summed E-state index contributed by atoms with van der Waals surface area (Å²) < 4.78 is 0. The van der Waals surface area contributed by atoms with Crippen molar-refractivity contribution in [3.05, 3.63) is 0 Å². The molecule has 5 aliphatic rings. The van der Waals surface area contributed by atoms with E-state index in [1.165, 1.54) is 51.4 Å². The SMILES string of the molecule is CC(=O)NC1CC(C2CCC3NCC4C(C3C2)C(C2CCC(C(C)(C)C#N)CC2)NN4C)CCN1. The second kappa shape index (κ2) is 10.3. The molecule has 0 aromatic heterocycles. The number of nitriles is 1. The highest BCUT2D eigenvalue weighted by Crippen LogP contribution is 2.49. The number of hydrogen-bond acceptors (Lipinski definition) is 6. The number of nitrogens with zero attached hydrogens (tertiary/aromatic N) is 2. The molecule has 0 bridgehead atoms. The normalized spacial score (nSPS) is 44.7. The molecule has 3 aliphatic heterocycles. The minimum atomic E-state index is -0.201. The van der Waals surface area contributed by atoms with Gasteiger partial charge in [0.25, 0.3) is 0 Å². The maximum atomic E-state index is 11.6. The van der Waals surface area contributed by atoms with Crippen LogP contribution in [0.1, 0.15) is 78.6 Å². The van der Waals surface area contributed by atoms with Gasteiger partial charge in [-0.3, -0.25) is 15.5 Å². The van der Waals surface area contributed by atoms with Crippen molar-refractivity contribution in [3.63, 3.8) is 0 Å². The molecule has 1 amide bonds. The lowest BCUT2D eigenvalue weighted by Gasteiger charge is -2.50. The van der Waals surface area contributed by atoms with Gasteiger partial charge in [-0.05, 0) is 114 Å². The predicted octanol–water partition coefficient (Wildman–Crippen LogP) is 3.00. The van der Waals surface area contributed by atoms with Gasteiger partial charge in [0.1, 0.15) is 0 Å². The Bertz CT molecular complexity index is 802. The molecule has 8 atom stereocenters. The number of fused-ring (bicyclic) bond motifs is 3. The van der Waals surface area contributed by atoms with Crippen LogP contribution in [-0.2, 0) is 4.79 Å². The van der Waals surface area contributed by atoms with Crippen LogP contribution in [0.4, 0.5) is 0 Å². The van der Waals surface area contributed by atoms with Crippen LogP contribution >= 0.6 is 0 Å². The molecule has 2 saturated carbocycles. The zero-order valence-corrected chi connectivity index (χ0v) is 22.4. The van der Waals surface area contributed by atoms with Gasteiger partial charge in [-0.25, -0.2) is 5.01 Å². The molecule has 0 radical (unpaired) electrons. The van der Waals surface area contributed by atoms with E-state index in [9.17, 15) is 10.1 Å². The molecule has 7 nitrogen and oxygen atoms in total. The Morgan fingerprint density at radius 2 is 1.71 bits per heavy atom. The number of hydrogen-bond donors (Lipinski definition) is 4. The summed E-state index contributed by atoms with van der Waals surface area (Å²) in [5.74, 6) is 4.26. The number of piperidine rings is 2. The second-order valence-electron chi connectivity index (χ2n) is 13.1. The Labute approximate surface area is 212 Å². The first-order valence-corrected chi connectivity index (χ1v) is 14.4. The van der Waals surface area contributed by atoms with Crippen LogP contribution < -0.4 is 21.4 Å². The molecule has 0 aromatic carbocycles. The summed E-state index contributed by atoms with van der Waals surface area (Å²) in [4.78, 5) is 11.6. The van der Waals surface area contributed by atoms with E-state index in [0.717, 1.165) is 37.3 Å². The molecular formula is C28H48N6O. The number of nitrogens with one attached hydrogen (secondary N) is 4. The fourth-order valence-electron chi connectivity index (χ4n) is 8.80. The summed E-state index contributed by atoms with van der Waals surface area (Å²) in [7, 11) is 2.26. The fourth-order valence-corrected chi connectivity index (χ4v) is 8.80. The molecule has 0 spiro atoms. The minimum absolute atomic E-state index is 0.0713. The molecule has 3 heterocycles. The molecule has 2 aliphatic carbocycles. The Hall–Kier alpha value is -1.20. The molecule has 7 heteroatoms. The van der Waals surface area contributed by atoms with Crippen molar-refractivity contribution >= 4 is 5.91 Å². The average molecular weight is 485 g/mol. The number of hydrazine groups is 1. The van der Waals surface area contributed by atoms with E-state index in [1.54, 1.807) is 6.92 Å². The monoisotopic (exact) mass is 484 g/mol. The van der Waals surface area contributed by atoms with Gasteiger partial charge < -0.3 is 10.6 Å². The number of carbonyl (C=O) groups excluding carboxylic acids is 1. The maximum Gasteiger partial charge on any atom is 0.218 e. The molecule has 5 fully saturated rings. The molecule has 35 heavy (non-hydrogen) atoms. The average Bonchev–Trinajstić information content (AvgIpc) is 3.20. The highest BCUT2D eigenvalue weighted by Gasteiger charge is 2.53. The Balaban J connectivity index is 1.27. The topological polar surface area (TPSA) is 92.2 Å². The van der Waals surface area contributed by atoms with Gasteiger partial charge in [0.05, 0.1) is 17.6 Å². The van der Waals surface area contributed by atoms with Crippen molar-refractivity contribution in [3.8, 4) is 6.07 Å². The van der Waals surface area contributed by atoms with Crippen molar-refractivity contribution in [2.24, 2.45) is 40.9 Å². The fraction of sp³-hybridized carbons (Fsp3) is 0.929. The number of rotatable bonds is 4. The lowest BCUT2D eigenvalue weighted by Crippen LogP contribution is -2.59. The molecule has 8 unspecified atom stereocenters. The number of likely N-dealkylation sites (N-methyl/N-ethyl adjacent to an activating group) is 1. The van der Waals surface area contributed by atoms with Crippen LogP contribution in [0.5, 0.6) is 0 Å². The Morgan fingerprint density at radius 1 is 1.00 bits per heavy atom. The summed E-state index contributed by atoms with van der Waals surface area (Å²) in [5, 5.41) is 22.6. The van der Waals surface area contributed by atoms with E-state index in [4.69, 9.17) is 0 Å². The van der Waals surface area contributed by atoms with Crippen molar-refractivity contribution in [2.45, 2.75) is 103 Å². The molecule has 4 N–H and O–H groups in total. The van der Waals surface area contributed by atoms with Crippen molar-refractivity contribution in [1.82, 2.24) is 26.4 Å². The van der Waals surface area contributed by atoms with E-state index in [0.29, 0.717) is 35.9 Å². The number of carbonyl (C=O) groups is 1. The van der Waals surface area contributed by atoms with Crippen molar-refractivity contribution < 1.29 is 4.79 Å². The van der Waals surface area contributed by atoms with E-state index < -0.39 is 0 Å². The maximum absolute atomic E-state index is 11.6. The highest BCUT2D eigenvalue weighted by atomic mass is 16.1. The van der Waals surface area contributed by atoms with Gasteiger partial charge in [-0.1, -0.05) is 0 Å². The highest BCUT2D eigenvalue weighted by molar-refractivity contribution is 5.73. The zero-order chi connectivity index (χ0) is 24.7. The van der Waals surface area contributed by atoms with E-state index in [2.05, 4.69) is 53.3 Å². The third-order valence-corrected chi connectivity index (χ3v) is 10.8. The summed E-state index contributed by atoms with van der Waals surface area (Å²) >= 11 is 0. The van der Waals surface area contributed by atoms with Crippen LogP contribution in [0, 0.1) is 52.3 Å². The summed E-state index contributed by atoms with van der Waals surface area (Å²) in [6, 6.07) is 4.38. The molecule has 196 valence electrons. The lowest BCUT2D eigenvalue weighted by molar-refractivity contribution is -0.120. The third kappa shape index (κ3) is 5.14. The van der Waals surface area contributed by atoms with Gasteiger partial charge >= 0.3 is 0 Å². The van der Waals surface area contributed by atoms with E-state index in [-0.39, 0.29) is 17.5 Å². The van der Waals surface area contributed by atoms with Gasteiger partial charge in [0.15, 0.2) is 0 Å². The molecule has 0 aromatic rings. The first-order chi connectivity index (χ1) is 16.8. The van der Waals surface area contributed by atoms with Crippen LogP contribution in [0.15, 0.2) is 0 Å².